The van der Waals surface area contributed by atoms with Crippen molar-refractivity contribution in [3.05, 3.63) is 35.6 Å². The highest BCUT2D eigenvalue weighted by molar-refractivity contribution is 5.89. The van der Waals surface area contributed by atoms with E-state index in [1.165, 1.54) is 6.07 Å². The summed E-state index contributed by atoms with van der Waals surface area (Å²) in [5, 5.41) is 8.92. The van der Waals surface area contributed by atoms with Crippen LogP contribution >= 0.6 is 0 Å². The van der Waals surface area contributed by atoms with E-state index in [-0.39, 0.29) is 11.6 Å². The number of hydrogen-bond acceptors (Lipinski definition) is 4. The summed E-state index contributed by atoms with van der Waals surface area (Å²) in [5.74, 6) is -0.314. The largest absolute Gasteiger partial charge is 0.478 e. The third-order valence-electron chi connectivity index (χ3n) is 2.42. The normalized spacial score (nSPS) is 10.4. The Kier molecular flexibility index (Phi) is 2.82. The molecule has 0 aliphatic heterocycles. The maximum atomic E-state index is 10.9. The van der Waals surface area contributed by atoms with Gasteiger partial charge < -0.3 is 15.3 Å². The van der Waals surface area contributed by atoms with E-state index in [0.717, 1.165) is 0 Å². The van der Waals surface area contributed by atoms with Crippen molar-refractivity contribution in [2.24, 2.45) is 0 Å². The maximum absolute atomic E-state index is 10.9. The Balaban J connectivity index is 2.52. The van der Waals surface area contributed by atoms with Crippen molar-refractivity contribution in [1.82, 2.24) is 4.98 Å². The van der Waals surface area contributed by atoms with Gasteiger partial charge in [-0.15, -0.1) is 0 Å². The summed E-state index contributed by atoms with van der Waals surface area (Å²) in [4.78, 5) is 14.9. The molecule has 3 N–H and O–H groups in total. The van der Waals surface area contributed by atoms with Gasteiger partial charge in [0, 0.05) is 12.0 Å². The van der Waals surface area contributed by atoms with E-state index < -0.39 is 5.97 Å². The molecular weight excluding hydrogens is 220 g/mol. The van der Waals surface area contributed by atoms with Gasteiger partial charge in [0.25, 0.3) is 6.01 Å². The van der Waals surface area contributed by atoms with Gasteiger partial charge >= 0.3 is 5.97 Å². The molecule has 0 aliphatic rings. The first-order chi connectivity index (χ1) is 8.11. The number of benzene rings is 1. The predicted molar refractivity (Wildman–Crippen MR) is 62.7 cm³/mol. The minimum Gasteiger partial charge on any atom is -0.478 e. The van der Waals surface area contributed by atoms with Crippen LogP contribution in [0.15, 0.2) is 28.7 Å². The van der Waals surface area contributed by atoms with Gasteiger partial charge in [-0.05, 0) is 12.1 Å². The minimum atomic E-state index is -0.971. The highest BCUT2D eigenvalue weighted by atomic mass is 16.4. The summed E-state index contributed by atoms with van der Waals surface area (Å²) in [5.41, 5.74) is 7.01. The molecule has 0 atom stereocenters. The van der Waals surface area contributed by atoms with Crippen LogP contribution in [0.4, 0.5) is 6.01 Å². The number of carboxylic acid groups (broad SMARTS) is 1. The van der Waals surface area contributed by atoms with Crippen molar-refractivity contribution in [1.29, 1.82) is 0 Å². The average Bonchev–Trinajstić information content (AvgIpc) is 2.70. The van der Waals surface area contributed by atoms with E-state index in [0.29, 0.717) is 23.4 Å². The zero-order chi connectivity index (χ0) is 12.4. The summed E-state index contributed by atoms with van der Waals surface area (Å²) in [7, 11) is 0. The van der Waals surface area contributed by atoms with Crippen molar-refractivity contribution in [2.45, 2.75) is 13.3 Å². The summed E-state index contributed by atoms with van der Waals surface area (Å²) in [6.45, 7) is 1.92. The van der Waals surface area contributed by atoms with Crippen molar-refractivity contribution >= 4 is 12.0 Å². The molecular formula is C12H12N2O3. The Morgan fingerprint density at radius 2 is 2.29 bits per heavy atom. The SMILES string of the molecule is CCc1oc(N)nc1-c1cccc(C(=O)O)c1. The van der Waals surface area contributed by atoms with E-state index in [4.69, 9.17) is 15.3 Å². The van der Waals surface area contributed by atoms with Crippen molar-refractivity contribution in [3.63, 3.8) is 0 Å². The van der Waals surface area contributed by atoms with E-state index in [1.54, 1.807) is 18.2 Å². The molecule has 0 unspecified atom stereocenters. The molecule has 5 heteroatoms. The second kappa shape index (κ2) is 4.29. The second-order valence-electron chi connectivity index (χ2n) is 3.56. The van der Waals surface area contributed by atoms with Crippen LogP contribution in [0.2, 0.25) is 0 Å². The molecule has 0 fully saturated rings. The first-order valence-electron chi connectivity index (χ1n) is 5.20. The Bertz CT molecular complexity index is 561. The summed E-state index contributed by atoms with van der Waals surface area (Å²) in [6, 6.07) is 6.63. The van der Waals surface area contributed by atoms with Gasteiger partial charge in [0.05, 0.1) is 5.56 Å². The molecule has 1 aromatic carbocycles. The third kappa shape index (κ3) is 2.13. The molecule has 0 amide bonds. The predicted octanol–water partition coefficient (Wildman–Crippen LogP) is 2.18. The molecule has 0 aliphatic carbocycles. The second-order valence-corrected chi connectivity index (χ2v) is 3.56. The molecule has 0 bridgehead atoms. The molecule has 0 saturated heterocycles. The lowest BCUT2D eigenvalue weighted by molar-refractivity contribution is 0.0697. The number of aromatic carboxylic acids is 1. The number of oxazole rings is 1. The van der Waals surface area contributed by atoms with Crippen LogP contribution in [0.3, 0.4) is 0 Å². The van der Waals surface area contributed by atoms with E-state index in [1.807, 2.05) is 6.92 Å². The molecule has 0 saturated carbocycles. The number of hydrogen-bond donors (Lipinski definition) is 2. The molecule has 5 nitrogen and oxygen atoms in total. The molecule has 1 heterocycles. The smallest absolute Gasteiger partial charge is 0.335 e. The fourth-order valence-corrected chi connectivity index (χ4v) is 1.63. The number of aromatic nitrogens is 1. The fraction of sp³-hybridized carbons (Fsp3) is 0.167. The Morgan fingerprint density at radius 1 is 1.53 bits per heavy atom. The number of carbonyl (C=O) groups is 1. The van der Waals surface area contributed by atoms with Crippen LogP contribution in [-0.2, 0) is 6.42 Å². The Hall–Kier alpha value is -2.30. The molecule has 17 heavy (non-hydrogen) atoms. The van der Waals surface area contributed by atoms with Crippen LogP contribution in [-0.4, -0.2) is 16.1 Å². The van der Waals surface area contributed by atoms with Crippen LogP contribution in [0.5, 0.6) is 0 Å². The zero-order valence-corrected chi connectivity index (χ0v) is 9.30. The summed E-state index contributed by atoms with van der Waals surface area (Å²) < 4.78 is 5.24. The van der Waals surface area contributed by atoms with E-state index in [9.17, 15) is 4.79 Å². The summed E-state index contributed by atoms with van der Waals surface area (Å²) >= 11 is 0. The minimum absolute atomic E-state index is 0.0950. The van der Waals surface area contributed by atoms with Crippen molar-refractivity contribution in [2.75, 3.05) is 5.73 Å². The lowest BCUT2D eigenvalue weighted by Crippen LogP contribution is -1.96. The molecule has 0 spiro atoms. The number of carboxylic acids is 1. The monoisotopic (exact) mass is 232 g/mol. The molecule has 2 aromatic rings. The van der Waals surface area contributed by atoms with Crippen LogP contribution < -0.4 is 5.73 Å². The van der Waals surface area contributed by atoms with Gasteiger partial charge in [-0.25, -0.2) is 4.79 Å². The molecule has 88 valence electrons. The highest BCUT2D eigenvalue weighted by Crippen LogP contribution is 2.26. The van der Waals surface area contributed by atoms with Crippen LogP contribution in [0, 0.1) is 0 Å². The number of aryl methyl sites for hydroxylation is 1. The zero-order valence-electron chi connectivity index (χ0n) is 9.30. The van der Waals surface area contributed by atoms with Crippen molar-refractivity contribution < 1.29 is 14.3 Å². The Morgan fingerprint density at radius 3 is 2.94 bits per heavy atom. The maximum Gasteiger partial charge on any atom is 0.335 e. The van der Waals surface area contributed by atoms with E-state index in [2.05, 4.69) is 4.98 Å². The van der Waals surface area contributed by atoms with Gasteiger partial charge in [0.15, 0.2) is 0 Å². The lowest BCUT2D eigenvalue weighted by Gasteiger charge is -2.00. The standard InChI is InChI=1S/C12H12N2O3/c1-2-9-10(14-12(13)17-9)7-4-3-5-8(6-7)11(15)16/h3-6H,2H2,1H3,(H2,13,14)(H,15,16). The first-order valence-corrected chi connectivity index (χ1v) is 5.20. The summed E-state index contributed by atoms with van der Waals surface area (Å²) in [6.07, 6.45) is 0.650. The topological polar surface area (TPSA) is 89.4 Å². The van der Waals surface area contributed by atoms with Gasteiger partial charge in [0.2, 0.25) is 0 Å². The van der Waals surface area contributed by atoms with Crippen LogP contribution in [0.1, 0.15) is 23.0 Å². The quantitative estimate of drug-likeness (QED) is 0.846. The third-order valence-corrected chi connectivity index (χ3v) is 2.42. The highest BCUT2D eigenvalue weighted by Gasteiger charge is 2.13. The lowest BCUT2D eigenvalue weighted by atomic mass is 10.1. The van der Waals surface area contributed by atoms with Crippen LogP contribution in [0.25, 0.3) is 11.3 Å². The number of nitrogens with zero attached hydrogens (tertiary/aromatic N) is 1. The number of nitrogens with two attached hydrogens (primary N) is 1. The molecule has 2 rings (SSSR count). The number of nitrogen functional groups attached to an aromatic ring is 1. The number of rotatable bonds is 3. The molecule has 0 radical (unpaired) electrons. The Labute approximate surface area is 97.9 Å². The fourth-order valence-electron chi connectivity index (χ4n) is 1.63. The van der Waals surface area contributed by atoms with Gasteiger partial charge in [-0.3, -0.25) is 0 Å². The van der Waals surface area contributed by atoms with Gasteiger partial charge in [0.1, 0.15) is 11.5 Å². The average molecular weight is 232 g/mol. The van der Waals surface area contributed by atoms with Gasteiger partial charge in [-0.1, -0.05) is 19.1 Å². The van der Waals surface area contributed by atoms with E-state index >= 15 is 0 Å². The number of anilines is 1. The van der Waals surface area contributed by atoms with Crippen molar-refractivity contribution in [3.8, 4) is 11.3 Å². The van der Waals surface area contributed by atoms with Gasteiger partial charge in [-0.2, -0.15) is 4.98 Å². The first kappa shape index (κ1) is 11.2. The molecule has 1 aromatic heterocycles.